The molecule has 1 heteroatoms. The van der Waals surface area contributed by atoms with Crippen LogP contribution in [0.3, 0.4) is 0 Å². The Kier molecular flexibility index (Phi) is 10.5. The van der Waals surface area contributed by atoms with Crippen LogP contribution in [0, 0.1) is 0 Å². The standard InChI is InChI=1S/C44H51N/c1-3-5-7-9-11-19-30-44(31-20-12-10-8-6-4-2)41-26-18-17-24-38(41)39-28-27-35(33-42(39)44)36-22-15-16-25-40(36)43-37-23-14-13-21-34(37)29-32-45-43/h13-18,21-29,32-33H,3-12,19-20,30-31H2,1-2H3. The second kappa shape index (κ2) is 15.0. The second-order valence-electron chi connectivity index (χ2n) is 13.3. The number of nitrogens with zero attached hydrogens (tertiary/aromatic N) is 1. The number of fused-ring (bicyclic) bond motifs is 4. The number of aromatic nitrogens is 1. The number of unbranched alkanes of at least 4 members (excludes halogenated alkanes) is 10. The molecule has 4 aromatic carbocycles. The molecule has 0 fully saturated rings. The lowest BCUT2D eigenvalue weighted by Gasteiger charge is -2.33. The van der Waals surface area contributed by atoms with Crippen molar-refractivity contribution in [2.75, 3.05) is 0 Å². The Morgan fingerprint density at radius 2 is 1.07 bits per heavy atom. The van der Waals surface area contributed by atoms with Crippen LogP contribution in [0.15, 0.2) is 103 Å². The van der Waals surface area contributed by atoms with Crippen molar-refractivity contribution >= 4 is 10.8 Å². The van der Waals surface area contributed by atoms with Crippen LogP contribution in [0.25, 0.3) is 44.3 Å². The Hall–Kier alpha value is -3.71. The maximum atomic E-state index is 4.94. The molecule has 1 aromatic heterocycles. The number of benzene rings is 4. The van der Waals surface area contributed by atoms with E-state index in [1.54, 1.807) is 11.1 Å². The SMILES string of the molecule is CCCCCCCCC1(CCCCCCCC)c2ccccc2-c2ccc(-c3ccccc3-c3nccc4ccccc34)cc21. The molecule has 1 heterocycles. The van der Waals surface area contributed by atoms with E-state index in [0.29, 0.717) is 0 Å². The van der Waals surface area contributed by atoms with Gasteiger partial charge in [-0.1, -0.05) is 176 Å². The van der Waals surface area contributed by atoms with Crippen molar-refractivity contribution in [3.05, 3.63) is 114 Å². The highest BCUT2D eigenvalue weighted by Crippen LogP contribution is 2.55. The van der Waals surface area contributed by atoms with Gasteiger partial charge >= 0.3 is 0 Å². The molecule has 0 bridgehead atoms. The normalized spacial score (nSPS) is 13.2. The quantitative estimate of drug-likeness (QED) is 0.104. The molecule has 5 aromatic rings. The van der Waals surface area contributed by atoms with E-state index < -0.39 is 0 Å². The summed E-state index contributed by atoms with van der Waals surface area (Å²) in [4.78, 5) is 4.94. The van der Waals surface area contributed by atoms with Crippen LogP contribution < -0.4 is 0 Å². The maximum Gasteiger partial charge on any atom is 0.0786 e. The van der Waals surface area contributed by atoms with Crippen LogP contribution in [0.5, 0.6) is 0 Å². The highest BCUT2D eigenvalue weighted by molar-refractivity contribution is 5.98. The van der Waals surface area contributed by atoms with Gasteiger partial charge in [0, 0.05) is 22.6 Å². The number of pyridine rings is 1. The maximum absolute atomic E-state index is 4.94. The molecule has 1 aliphatic carbocycles. The van der Waals surface area contributed by atoms with E-state index in [4.69, 9.17) is 4.98 Å². The van der Waals surface area contributed by atoms with Gasteiger partial charge in [-0.2, -0.15) is 0 Å². The Labute approximate surface area is 272 Å². The Balaban J connectivity index is 1.41. The van der Waals surface area contributed by atoms with Crippen molar-refractivity contribution < 1.29 is 0 Å². The predicted molar refractivity (Wildman–Crippen MR) is 195 cm³/mol. The average Bonchev–Trinajstić information content (AvgIpc) is 3.36. The molecule has 0 amide bonds. The fourth-order valence-corrected chi connectivity index (χ4v) is 7.98. The Bertz CT molecular complexity index is 1670. The summed E-state index contributed by atoms with van der Waals surface area (Å²) in [7, 11) is 0. The summed E-state index contributed by atoms with van der Waals surface area (Å²) in [6.45, 7) is 4.63. The second-order valence-corrected chi connectivity index (χ2v) is 13.3. The summed E-state index contributed by atoms with van der Waals surface area (Å²) >= 11 is 0. The van der Waals surface area contributed by atoms with Crippen LogP contribution in [-0.4, -0.2) is 4.98 Å². The molecule has 0 aliphatic heterocycles. The molecule has 0 unspecified atom stereocenters. The van der Waals surface area contributed by atoms with E-state index in [0.717, 1.165) is 5.69 Å². The van der Waals surface area contributed by atoms with Crippen molar-refractivity contribution in [2.45, 2.75) is 109 Å². The topological polar surface area (TPSA) is 12.9 Å². The molecule has 232 valence electrons. The van der Waals surface area contributed by atoms with E-state index in [-0.39, 0.29) is 5.41 Å². The molecule has 0 radical (unpaired) electrons. The highest BCUT2D eigenvalue weighted by atomic mass is 14.7. The Morgan fingerprint density at radius 1 is 0.489 bits per heavy atom. The van der Waals surface area contributed by atoms with Gasteiger partial charge in [0.2, 0.25) is 0 Å². The van der Waals surface area contributed by atoms with Gasteiger partial charge in [-0.3, -0.25) is 4.98 Å². The van der Waals surface area contributed by atoms with E-state index in [9.17, 15) is 0 Å². The predicted octanol–water partition coefficient (Wildman–Crippen LogP) is 13.3. The zero-order valence-electron chi connectivity index (χ0n) is 27.7. The summed E-state index contributed by atoms with van der Waals surface area (Å²) < 4.78 is 0. The third kappa shape index (κ3) is 6.64. The first-order valence-electron chi connectivity index (χ1n) is 17.9. The molecule has 0 atom stereocenters. The van der Waals surface area contributed by atoms with Gasteiger partial charge in [0.05, 0.1) is 5.69 Å². The van der Waals surface area contributed by atoms with Gasteiger partial charge in [0.15, 0.2) is 0 Å². The molecule has 0 saturated heterocycles. The summed E-state index contributed by atoms with van der Waals surface area (Å²) in [5, 5.41) is 2.44. The van der Waals surface area contributed by atoms with E-state index in [2.05, 4.69) is 111 Å². The van der Waals surface area contributed by atoms with Gasteiger partial charge in [0.25, 0.3) is 0 Å². The van der Waals surface area contributed by atoms with Crippen molar-refractivity contribution in [1.29, 1.82) is 0 Å². The molecule has 0 spiro atoms. The van der Waals surface area contributed by atoms with Crippen molar-refractivity contribution in [3.8, 4) is 33.5 Å². The van der Waals surface area contributed by atoms with E-state index >= 15 is 0 Å². The lowest BCUT2D eigenvalue weighted by molar-refractivity contribution is 0.398. The van der Waals surface area contributed by atoms with Crippen LogP contribution in [-0.2, 0) is 5.41 Å². The molecular formula is C44H51N. The zero-order chi connectivity index (χ0) is 30.9. The van der Waals surface area contributed by atoms with Gasteiger partial charge in [0.1, 0.15) is 0 Å². The average molecular weight is 594 g/mol. The van der Waals surface area contributed by atoms with Crippen molar-refractivity contribution in [3.63, 3.8) is 0 Å². The third-order valence-corrected chi connectivity index (χ3v) is 10.3. The van der Waals surface area contributed by atoms with Gasteiger partial charge < -0.3 is 0 Å². The van der Waals surface area contributed by atoms with Crippen LogP contribution in [0.1, 0.15) is 115 Å². The monoisotopic (exact) mass is 593 g/mol. The smallest absolute Gasteiger partial charge is 0.0786 e. The van der Waals surface area contributed by atoms with Gasteiger partial charge in [-0.15, -0.1) is 0 Å². The number of hydrogen-bond donors (Lipinski definition) is 0. The minimum absolute atomic E-state index is 0.0874. The third-order valence-electron chi connectivity index (χ3n) is 10.3. The summed E-state index contributed by atoms with van der Waals surface area (Å²) in [6, 6.07) is 36.4. The lowest BCUT2D eigenvalue weighted by Crippen LogP contribution is -2.25. The minimum Gasteiger partial charge on any atom is -0.256 e. The summed E-state index contributed by atoms with van der Waals surface area (Å²) in [5.41, 5.74) is 11.0. The largest absolute Gasteiger partial charge is 0.256 e. The summed E-state index contributed by atoms with van der Waals surface area (Å²) in [5.74, 6) is 0. The van der Waals surface area contributed by atoms with Gasteiger partial charge in [-0.05, 0) is 63.7 Å². The molecule has 1 nitrogen and oxygen atoms in total. The summed E-state index contributed by atoms with van der Waals surface area (Å²) in [6.07, 6.45) is 20.5. The van der Waals surface area contributed by atoms with Crippen LogP contribution >= 0.6 is 0 Å². The van der Waals surface area contributed by atoms with Crippen LogP contribution in [0.4, 0.5) is 0 Å². The first-order valence-corrected chi connectivity index (χ1v) is 17.9. The minimum atomic E-state index is 0.0874. The van der Waals surface area contributed by atoms with Crippen molar-refractivity contribution in [2.24, 2.45) is 0 Å². The zero-order valence-corrected chi connectivity index (χ0v) is 27.7. The highest BCUT2D eigenvalue weighted by Gasteiger charge is 2.42. The van der Waals surface area contributed by atoms with E-state index in [1.807, 2.05) is 6.20 Å². The van der Waals surface area contributed by atoms with Crippen molar-refractivity contribution in [1.82, 2.24) is 4.98 Å². The number of rotatable bonds is 16. The first kappa shape index (κ1) is 31.3. The fourth-order valence-electron chi connectivity index (χ4n) is 7.98. The fraction of sp³-hybridized carbons (Fsp3) is 0.386. The van der Waals surface area contributed by atoms with E-state index in [1.165, 1.54) is 128 Å². The molecule has 6 rings (SSSR count). The molecule has 0 saturated carbocycles. The number of hydrogen-bond acceptors (Lipinski definition) is 1. The molecule has 1 aliphatic rings. The first-order chi connectivity index (χ1) is 22.3. The lowest BCUT2D eigenvalue weighted by atomic mass is 9.70. The van der Waals surface area contributed by atoms with Gasteiger partial charge in [-0.25, -0.2) is 0 Å². The molecule has 0 N–H and O–H groups in total. The Morgan fingerprint density at radius 3 is 1.80 bits per heavy atom. The molecule has 45 heavy (non-hydrogen) atoms. The van der Waals surface area contributed by atoms with Crippen LogP contribution in [0.2, 0.25) is 0 Å². The molecular weight excluding hydrogens is 542 g/mol.